The van der Waals surface area contributed by atoms with Gasteiger partial charge < -0.3 is 14.6 Å². The molecule has 0 amide bonds. The molecule has 0 atom stereocenters. The molecule has 1 aliphatic rings. The lowest BCUT2D eigenvalue weighted by molar-refractivity contribution is 0.321. The van der Waals surface area contributed by atoms with E-state index in [1.807, 2.05) is 6.07 Å². The third kappa shape index (κ3) is 1.74. The van der Waals surface area contributed by atoms with Crippen LogP contribution in [0.3, 0.4) is 0 Å². The van der Waals surface area contributed by atoms with Gasteiger partial charge in [-0.15, -0.1) is 0 Å². The molecule has 1 aliphatic carbocycles. The second-order valence-electron chi connectivity index (χ2n) is 5.32. The van der Waals surface area contributed by atoms with E-state index in [4.69, 9.17) is 0 Å². The van der Waals surface area contributed by atoms with Crippen LogP contribution in [0.15, 0.2) is 12.1 Å². The first kappa shape index (κ1) is 13.2. The molecule has 0 radical (unpaired) electrons. The van der Waals surface area contributed by atoms with Crippen LogP contribution in [0, 0.1) is 24.1 Å². The lowest BCUT2D eigenvalue weighted by Crippen LogP contribution is -2.41. The SMILES string of the molecule is Cc1cc2c(cc1F)c(C#N)c(B(O)O)n2C1CCC1. The number of aryl methyl sites for hydroxylation is 1. The first-order valence-corrected chi connectivity index (χ1v) is 6.64. The van der Waals surface area contributed by atoms with Crippen molar-refractivity contribution in [3.63, 3.8) is 0 Å². The van der Waals surface area contributed by atoms with Gasteiger partial charge in [0.05, 0.1) is 11.2 Å². The van der Waals surface area contributed by atoms with E-state index in [1.54, 1.807) is 17.6 Å². The number of fused-ring (bicyclic) bond motifs is 1. The smallest absolute Gasteiger partial charge is 0.422 e. The van der Waals surface area contributed by atoms with Gasteiger partial charge in [0.2, 0.25) is 0 Å². The van der Waals surface area contributed by atoms with Crippen molar-refractivity contribution in [2.75, 3.05) is 0 Å². The van der Waals surface area contributed by atoms with Gasteiger partial charge in [-0.1, -0.05) is 0 Å². The fourth-order valence-electron chi connectivity index (χ4n) is 2.86. The molecule has 102 valence electrons. The van der Waals surface area contributed by atoms with Crippen LogP contribution >= 0.6 is 0 Å². The zero-order chi connectivity index (χ0) is 14.4. The first-order valence-electron chi connectivity index (χ1n) is 6.64. The molecule has 20 heavy (non-hydrogen) atoms. The number of hydrogen-bond donors (Lipinski definition) is 2. The van der Waals surface area contributed by atoms with Crippen LogP contribution in [0.2, 0.25) is 0 Å². The molecule has 1 aromatic carbocycles. The monoisotopic (exact) mass is 272 g/mol. The van der Waals surface area contributed by atoms with E-state index >= 15 is 0 Å². The zero-order valence-corrected chi connectivity index (χ0v) is 11.1. The van der Waals surface area contributed by atoms with E-state index in [0.29, 0.717) is 16.5 Å². The summed E-state index contributed by atoms with van der Waals surface area (Å²) in [6.45, 7) is 1.66. The Labute approximate surface area is 116 Å². The summed E-state index contributed by atoms with van der Waals surface area (Å²) in [7, 11) is -1.74. The Kier molecular flexibility index (Phi) is 3.04. The van der Waals surface area contributed by atoms with Gasteiger partial charge in [-0.2, -0.15) is 5.26 Å². The second kappa shape index (κ2) is 4.62. The van der Waals surface area contributed by atoms with E-state index in [1.165, 1.54) is 6.07 Å². The lowest BCUT2D eigenvalue weighted by atomic mass is 9.81. The summed E-state index contributed by atoms with van der Waals surface area (Å²) in [6.07, 6.45) is 2.95. The van der Waals surface area contributed by atoms with Crippen LogP contribution in [0.5, 0.6) is 0 Å². The minimum atomic E-state index is -1.74. The van der Waals surface area contributed by atoms with Crippen molar-refractivity contribution >= 4 is 23.6 Å². The molecule has 1 fully saturated rings. The van der Waals surface area contributed by atoms with Crippen molar-refractivity contribution in [2.24, 2.45) is 0 Å². The molecule has 4 nitrogen and oxygen atoms in total. The highest BCUT2D eigenvalue weighted by molar-refractivity contribution is 6.59. The van der Waals surface area contributed by atoms with Gasteiger partial charge in [0.1, 0.15) is 11.9 Å². The van der Waals surface area contributed by atoms with Crippen molar-refractivity contribution in [2.45, 2.75) is 32.2 Å². The van der Waals surface area contributed by atoms with Gasteiger partial charge in [0.25, 0.3) is 0 Å². The molecule has 1 saturated carbocycles. The summed E-state index contributed by atoms with van der Waals surface area (Å²) in [5.41, 5.74) is 1.52. The van der Waals surface area contributed by atoms with Crippen LogP contribution in [0.1, 0.15) is 36.4 Å². The van der Waals surface area contributed by atoms with Gasteiger partial charge in [-0.05, 0) is 43.9 Å². The predicted molar refractivity (Wildman–Crippen MR) is 74.1 cm³/mol. The van der Waals surface area contributed by atoms with Crippen molar-refractivity contribution in [3.05, 3.63) is 29.1 Å². The van der Waals surface area contributed by atoms with E-state index in [9.17, 15) is 19.7 Å². The Hall–Kier alpha value is -1.84. The minimum absolute atomic E-state index is 0.154. The molecular weight excluding hydrogens is 258 g/mol. The summed E-state index contributed by atoms with van der Waals surface area (Å²) in [5, 5.41) is 29.0. The number of hydrogen-bond acceptors (Lipinski definition) is 3. The van der Waals surface area contributed by atoms with E-state index in [0.717, 1.165) is 19.3 Å². The number of nitrogens with zero attached hydrogens (tertiary/aromatic N) is 2. The fourth-order valence-corrected chi connectivity index (χ4v) is 2.86. The number of aromatic nitrogens is 1. The summed E-state index contributed by atoms with van der Waals surface area (Å²) in [4.78, 5) is 0. The van der Waals surface area contributed by atoms with Crippen molar-refractivity contribution < 1.29 is 14.4 Å². The highest BCUT2D eigenvalue weighted by Crippen LogP contribution is 2.35. The van der Waals surface area contributed by atoms with Crippen LogP contribution in [-0.4, -0.2) is 21.7 Å². The minimum Gasteiger partial charge on any atom is -0.422 e. The van der Waals surface area contributed by atoms with Gasteiger partial charge in [0, 0.05) is 16.9 Å². The van der Waals surface area contributed by atoms with Gasteiger partial charge >= 0.3 is 7.12 Å². The molecular formula is C14H14BFN2O2. The zero-order valence-electron chi connectivity index (χ0n) is 11.1. The van der Waals surface area contributed by atoms with E-state index < -0.39 is 12.9 Å². The number of halogens is 1. The maximum Gasteiger partial charge on any atom is 0.507 e. The number of nitriles is 1. The molecule has 0 bridgehead atoms. The van der Waals surface area contributed by atoms with Gasteiger partial charge in [-0.3, -0.25) is 0 Å². The Morgan fingerprint density at radius 1 is 1.40 bits per heavy atom. The molecule has 3 rings (SSSR count). The van der Waals surface area contributed by atoms with E-state index in [2.05, 4.69) is 0 Å². The molecule has 6 heteroatoms. The largest absolute Gasteiger partial charge is 0.507 e. The highest BCUT2D eigenvalue weighted by atomic mass is 19.1. The normalized spacial score (nSPS) is 15.2. The Morgan fingerprint density at radius 2 is 2.10 bits per heavy atom. The van der Waals surface area contributed by atoms with Crippen LogP contribution in [0.25, 0.3) is 10.9 Å². The average molecular weight is 272 g/mol. The third-order valence-corrected chi connectivity index (χ3v) is 4.12. The maximum atomic E-state index is 13.8. The summed E-state index contributed by atoms with van der Waals surface area (Å²) < 4.78 is 15.6. The summed E-state index contributed by atoms with van der Waals surface area (Å²) in [6, 6.07) is 5.12. The molecule has 0 saturated heterocycles. The quantitative estimate of drug-likeness (QED) is 0.811. The van der Waals surface area contributed by atoms with E-state index in [-0.39, 0.29) is 17.2 Å². The summed E-state index contributed by atoms with van der Waals surface area (Å²) >= 11 is 0. The Morgan fingerprint density at radius 3 is 2.60 bits per heavy atom. The van der Waals surface area contributed by atoms with Crippen LogP contribution in [0.4, 0.5) is 4.39 Å². The second-order valence-corrected chi connectivity index (χ2v) is 5.32. The van der Waals surface area contributed by atoms with Gasteiger partial charge in [-0.25, -0.2) is 4.39 Å². The van der Waals surface area contributed by atoms with Crippen LogP contribution in [-0.2, 0) is 0 Å². The van der Waals surface area contributed by atoms with Crippen LogP contribution < -0.4 is 5.59 Å². The maximum absolute atomic E-state index is 13.8. The standard InChI is InChI=1S/C14H14BFN2O2/c1-8-5-13-10(6-12(8)16)11(7-17)14(15(19)20)18(13)9-3-2-4-9/h5-6,9,19-20H,2-4H2,1H3. The van der Waals surface area contributed by atoms with Crippen molar-refractivity contribution in [1.82, 2.24) is 4.57 Å². The van der Waals surface area contributed by atoms with Crippen molar-refractivity contribution in [3.8, 4) is 6.07 Å². The molecule has 0 aliphatic heterocycles. The summed E-state index contributed by atoms with van der Waals surface area (Å²) in [5.74, 6) is -0.390. The Balaban J connectivity index is 2.41. The molecule has 0 spiro atoms. The molecule has 1 heterocycles. The topological polar surface area (TPSA) is 69.2 Å². The Bertz CT molecular complexity index is 729. The molecule has 1 aromatic heterocycles. The highest BCUT2D eigenvalue weighted by Gasteiger charge is 2.32. The predicted octanol–water partition coefficient (Wildman–Crippen LogP) is 1.37. The van der Waals surface area contributed by atoms with Crippen molar-refractivity contribution in [1.29, 1.82) is 5.26 Å². The first-order chi connectivity index (χ1) is 9.54. The fraction of sp³-hybridized carbons (Fsp3) is 0.357. The number of rotatable bonds is 2. The number of benzene rings is 1. The third-order valence-electron chi connectivity index (χ3n) is 4.12. The van der Waals surface area contributed by atoms with Gasteiger partial charge in [0.15, 0.2) is 0 Å². The molecule has 2 aromatic rings. The average Bonchev–Trinajstić information content (AvgIpc) is 2.62. The lowest BCUT2D eigenvalue weighted by Gasteiger charge is -2.30. The molecule has 2 N–H and O–H groups in total. The molecule has 0 unspecified atom stereocenters.